The Bertz CT molecular complexity index is 3890. The van der Waals surface area contributed by atoms with E-state index in [4.69, 9.17) is 4.74 Å². The second-order valence-corrected chi connectivity index (χ2v) is 44.2. The summed E-state index contributed by atoms with van der Waals surface area (Å²) >= 11 is 0. The largest absolute Gasteiger partial charge is 0.743 e. The predicted molar refractivity (Wildman–Crippen MR) is 432 cm³/mol. The second-order valence-electron chi connectivity index (χ2n) is 38.5. The highest BCUT2D eigenvalue weighted by molar-refractivity contribution is 7.87. The van der Waals surface area contributed by atoms with Crippen LogP contribution in [-0.4, -0.2) is 233 Å². The Morgan fingerprint density at radius 1 is 0.275 bits per heavy atom. The molecule has 12 aliphatic carbocycles. The van der Waals surface area contributed by atoms with Crippen LogP contribution in [0.1, 0.15) is 336 Å². The Hall–Kier alpha value is -3.92. The Morgan fingerprint density at radius 2 is 0.466 bits per heavy atom. The molecule has 772 valence electrons. The maximum absolute atomic E-state index is 13.5. The number of carbonyl (C=O) groups excluding carboxylic acids is 4. The van der Waals surface area contributed by atoms with Crippen LogP contribution in [0.5, 0.6) is 0 Å². The van der Waals surface area contributed by atoms with Crippen LogP contribution in [0, 0.1) is 41.4 Å². The number of alkyl halides is 16. The van der Waals surface area contributed by atoms with Gasteiger partial charge in [-0.2, -0.15) is 70.2 Å². The molecule has 0 spiro atoms. The van der Waals surface area contributed by atoms with Gasteiger partial charge in [-0.25, -0.2) is 33.7 Å². The normalized spacial score (nSPS) is 25.5. The fourth-order valence-electron chi connectivity index (χ4n) is 18.4. The van der Waals surface area contributed by atoms with Crippen molar-refractivity contribution in [2.75, 3.05) is 26.4 Å². The van der Waals surface area contributed by atoms with Crippen molar-refractivity contribution in [3.8, 4) is 0 Å². The molecular formula is C83H132F16O28S4-4. The molecule has 12 rings (SSSR count). The molecule has 4 atom stereocenters. The van der Waals surface area contributed by atoms with E-state index >= 15 is 0 Å². The van der Waals surface area contributed by atoms with Crippen molar-refractivity contribution in [1.29, 1.82) is 0 Å². The van der Waals surface area contributed by atoms with Gasteiger partial charge in [0.15, 0.2) is 40.5 Å². The van der Waals surface area contributed by atoms with Gasteiger partial charge in [-0.1, -0.05) is 135 Å². The molecule has 0 aromatic heterocycles. The van der Waals surface area contributed by atoms with Crippen molar-refractivity contribution in [3.05, 3.63) is 0 Å². The molecule has 8 N–H and O–H groups in total. The molecule has 28 nitrogen and oxygen atoms in total. The highest BCUT2D eigenvalue weighted by Crippen LogP contribution is 2.65. The number of halogens is 16. The lowest BCUT2D eigenvalue weighted by molar-refractivity contribution is -0.181. The number of esters is 4. The van der Waals surface area contributed by atoms with Crippen molar-refractivity contribution in [2.24, 2.45) is 41.4 Å². The van der Waals surface area contributed by atoms with Gasteiger partial charge in [0.25, 0.3) is 0 Å². The van der Waals surface area contributed by atoms with Gasteiger partial charge in [-0.05, 0) is 176 Å². The van der Waals surface area contributed by atoms with E-state index in [-0.39, 0.29) is 33.9 Å². The van der Waals surface area contributed by atoms with E-state index in [1.54, 1.807) is 0 Å². The number of ether oxygens (including phenoxy) is 4. The van der Waals surface area contributed by atoms with Crippen molar-refractivity contribution < 1.29 is 201 Å². The lowest BCUT2D eigenvalue weighted by Crippen LogP contribution is -2.49. The average Bonchev–Trinajstić information content (AvgIpc) is 1.53. The lowest BCUT2D eigenvalue weighted by atomic mass is 9.64. The molecule has 0 heterocycles. The van der Waals surface area contributed by atoms with E-state index in [0.29, 0.717) is 77.0 Å². The standard InChI is InChI=1S/C18H26F4O7S.C14H20F4O6S.C11H16F4O5S.C10H14F4O5S.5C6H12O/c19-17(20,18(21,22)30(26,27)28)9-10-29-14(23)11-12(15(24)5-1-2-6-15)13(11)16(25)7-3-4-8-16;15-13(16,14(17,18)25(21,22)23)7-8-24-11(19)9-3-4-10(9)12(20)5-1-2-6-12;12-10(13,11(14,15)21(17,18)19)6-7-20-9(16)8-4-2-1-3-5-8;11-9(12,10(13,14)20(16,17)18)5-6-19-8(15)7-3-1-2-4-7;5*1-6(7)4-2-3-5-6/h11-13,24-25H,1-10H2,(H,26,27,28);9-10,20H,1-8H2,(H,21,22,23);8H,1-7H2,(H,17,18,19);7H,1-6H2,(H,16,17,18);5*7H,2-5H2,1H3/p-4. The van der Waals surface area contributed by atoms with Crippen molar-refractivity contribution in [1.82, 2.24) is 0 Å². The zero-order valence-corrected chi connectivity index (χ0v) is 77.8. The summed E-state index contributed by atoms with van der Waals surface area (Å²) in [5.74, 6) is -28.1. The highest BCUT2D eigenvalue weighted by Gasteiger charge is 2.72. The van der Waals surface area contributed by atoms with Crippen LogP contribution in [0.3, 0.4) is 0 Å². The van der Waals surface area contributed by atoms with Gasteiger partial charge in [-0.3, -0.25) is 19.2 Å². The summed E-state index contributed by atoms with van der Waals surface area (Å²) in [5.41, 5.74) is -4.88. The van der Waals surface area contributed by atoms with Crippen molar-refractivity contribution in [3.63, 3.8) is 0 Å². The topological polar surface area (TPSA) is 496 Å². The van der Waals surface area contributed by atoms with Gasteiger partial charge < -0.3 is 78.0 Å². The monoisotopic (exact) mass is 2010 g/mol. The zero-order chi connectivity index (χ0) is 100. The summed E-state index contributed by atoms with van der Waals surface area (Å²) in [6, 6.07) is 0. The van der Waals surface area contributed by atoms with Gasteiger partial charge >= 0.3 is 68.6 Å². The average molecular weight is 2010 g/mol. The molecule has 131 heavy (non-hydrogen) atoms. The van der Waals surface area contributed by atoms with E-state index in [1.165, 1.54) is 64.2 Å². The third kappa shape index (κ3) is 34.8. The molecule has 0 radical (unpaired) electrons. The molecule has 12 aliphatic rings. The van der Waals surface area contributed by atoms with E-state index in [9.17, 15) is 182 Å². The number of carbonyl (C=O) groups is 4. The Labute approximate surface area is 755 Å². The van der Waals surface area contributed by atoms with Crippen LogP contribution in [0.2, 0.25) is 0 Å². The smallest absolute Gasteiger partial charge is 0.396 e. The van der Waals surface area contributed by atoms with E-state index in [1.807, 2.05) is 34.6 Å². The summed E-state index contributed by atoms with van der Waals surface area (Å²) in [6.45, 7) is 5.04. The number of hydrogen-bond acceptors (Lipinski definition) is 28. The van der Waals surface area contributed by atoms with Crippen LogP contribution in [-0.2, 0) is 78.6 Å². The first-order valence-corrected chi connectivity index (χ1v) is 50.4. The van der Waals surface area contributed by atoms with E-state index < -0.39 is 213 Å². The summed E-state index contributed by atoms with van der Waals surface area (Å²) in [6.07, 6.45) is 29.8. The number of aliphatic hydroxyl groups is 8. The molecule has 0 saturated heterocycles. The van der Waals surface area contributed by atoms with Crippen molar-refractivity contribution in [2.45, 2.75) is 426 Å². The maximum atomic E-state index is 13.5. The minimum atomic E-state index is -6.61. The third-order valence-electron chi connectivity index (χ3n) is 26.8. The Kier molecular flexibility index (Phi) is 43.2. The minimum absolute atomic E-state index is 0.306. The number of hydrogen-bond donors (Lipinski definition) is 8. The molecule has 0 amide bonds. The van der Waals surface area contributed by atoms with Gasteiger partial charge in [0.1, 0.15) is 0 Å². The molecule has 4 unspecified atom stereocenters. The van der Waals surface area contributed by atoms with E-state index in [2.05, 4.69) is 14.2 Å². The SMILES string of the molecule is CC1(O)CCCC1.CC1(O)CCCC1.CC1(O)CCCC1.CC1(O)CCCC1.CC1(O)CCCC1.O=C(OCCC(F)(F)C(F)(F)S(=O)(=O)[O-])C1C(C2(O)CCCC2)C1C1(O)CCCC1.O=C(OCCC(F)(F)C(F)(F)S(=O)(=O)[O-])C1CCC1C1(O)CCCC1.O=C(OCCC(F)(F)C(F)(F)S(=O)(=O)[O-])C1CCCC1.O=C(OCCC(F)(F)C(F)(F)S(=O)(=O)[O-])C1CCCCC1. The molecule has 12 fully saturated rings. The lowest BCUT2D eigenvalue weighted by Gasteiger charge is -2.44. The molecule has 12 saturated carbocycles. The van der Waals surface area contributed by atoms with Gasteiger partial charge in [0, 0.05) is 17.8 Å². The van der Waals surface area contributed by atoms with Crippen LogP contribution < -0.4 is 0 Å². The van der Waals surface area contributed by atoms with Gasteiger partial charge in [-0.15, -0.1) is 0 Å². The summed E-state index contributed by atoms with van der Waals surface area (Å²) < 4.78 is 350. The second kappa shape index (κ2) is 47.4. The molecule has 0 aliphatic heterocycles. The quantitative estimate of drug-likeness (QED) is 0.0164. The molecule has 0 aromatic carbocycles. The first-order valence-electron chi connectivity index (χ1n) is 44.8. The van der Waals surface area contributed by atoms with Crippen molar-refractivity contribution >= 4 is 64.3 Å². The zero-order valence-electron chi connectivity index (χ0n) is 74.5. The third-order valence-corrected chi connectivity index (χ3v) is 30.5. The van der Waals surface area contributed by atoms with Crippen LogP contribution in [0.25, 0.3) is 0 Å². The number of rotatable bonds is 27. The van der Waals surface area contributed by atoms with Crippen LogP contribution in [0.4, 0.5) is 70.2 Å². The minimum Gasteiger partial charge on any atom is -0.743 e. The molecule has 0 bridgehead atoms. The Morgan fingerprint density at radius 3 is 0.656 bits per heavy atom. The summed E-state index contributed by atoms with van der Waals surface area (Å²) in [5, 5.41) is 55.1. The predicted octanol–water partition coefficient (Wildman–Crippen LogP) is 14.9. The summed E-state index contributed by atoms with van der Waals surface area (Å²) in [7, 11) is -26.2. The van der Waals surface area contributed by atoms with Gasteiger partial charge in [0.2, 0.25) is 0 Å². The summed E-state index contributed by atoms with van der Waals surface area (Å²) in [4.78, 5) is 47.3. The Balaban J connectivity index is 0.000000326. The van der Waals surface area contributed by atoms with Crippen LogP contribution >= 0.6 is 0 Å². The fourth-order valence-corrected chi connectivity index (χ4v) is 20.3. The van der Waals surface area contributed by atoms with Crippen LogP contribution in [0.15, 0.2) is 0 Å². The first kappa shape index (κ1) is 119. The highest BCUT2D eigenvalue weighted by atomic mass is 32.2. The molecule has 0 aromatic rings. The molecular weight excluding hydrogens is 1880 g/mol. The van der Waals surface area contributed by atoms with Gasteiger partial charge in [0.05, 0.1) is 121 Å². The molecule has 48 heteroatoms. The van der Waals surface area contributed by atoms with E-state index in [0.717, 1.165) is 135 Å². The fraction of sp³-hybridized carbons (Fsp3) is 0.952. The first-order chi connectivity index (χ1) is 59.5. The maximum Gasteiger partial charge on any atom is 0.396 e.